The van der Waals surface area contributed by atoms with Gasteiger partial charge < -0.3 is 9.84 Å². The van der Waals surface area contributed by atoms with Crippen molar-refractivity contribution in [3.05, 3.63) is 16.4 Å². The highest BCUT2D eigenvalue weighted by molar-refractivity contribution is 9.10. The van der Waals surface area contributed by atoms with Crippen molar-refractivity contribution in [2.75, 3.05) is 13.7 Å². The van der Waals surface area contributed by atoms with E-state index in [0.717, 1.165) is 23.0 Å². The first kappa shape index (κ1) is 15.0. The van der Waals surface area contributed by atoms with Crippen LogP contribution < -0.4 is 0 Å². The molecule has 1 aromatic rings. The summed E-state index contributed by atoms with van der Waals surface area (Å²) in [5, 5.41) is 15.6. The maximum Gasteiger partial charge on any atom is 0.110 e. The van der Waals surface area contributed by atoms with E-state index in [1.54, 1.807) is 13.3 Å². The van der Waals surface area contributed by atoms with Crippen molar-refractivity contribution in [1.82, 2.24) is 9.78 Å². The van der Waals surface area contributed by atoms with E-state index in [1.807, 2.05) is 4.68 Å². The Balaban J connectivity index is 2.35. The Labute approximate surface area is 123 Å². The van der Waals surface area contributed by atoms with E-state index in [0.29, 0.717) is 19.1 Å². The molecule has 0 amide bonds. The molecular weight excluding hydrogens is 308 g/mol. The number of aliphatic hydroxyl groups is 1. The summed E-state index contributed by atoms with van der Waals surface area (Å²) in [7, 11) is 1.68. The highest BCUT2D eigenvalue weighted by Crippen LogP contribution is 2.45. The summed E-state index contributed by atoms with van der Waals surface area (Å²) in [6.07, 6.45) is 4.81. The minimum Gasteiger partial charge on any atom is -0.383 e. The van der Waals surface area contributed by atoms with Gasteiger partial charge in [0.2, 0.25) is 0 Å². The molecule has 19 heavy (non-hydrogen) atoms. The summed E-state index contributed by atoms with van der Waals surface area (Å²) in [6, 6.07) is 0. The zero-order valence-corrected chi connectivity index (χ0v) is 13.5. The second-order valence-electron chi connectivity index (χ2n) is 5.77. The van der Waals surface area contributed by atoms with Crippen LogP contribution in [0, 0.1) is 11.8 Å². The first-order valence-corrected chi connectivity index (χ1v) is 7.71. The number of aromatic nitrogens is 2. The molecular formula is C14H23BrN2O2. The van der Waals surface area contributed by atoms with Crippen LogP contribution >= 0.6 is 15.9 Å². The zero-order chi connectivity index (χ0) is 14.0. The molecule has 5 heteroatoms. The summed E-state index contributed by atoms with van der Waals surface area (Å²) in [5.74, 6) is 0.789. The van der Waals surface area contributed by atoms with E-state index in [1.165, 1.54) is 6.42 Å². The number of hydrogen-bond donors (Lipinski definition) is 1. The van der Waals surface area contributed by atoms with Gasteiger partial charge in [-0.3, -0.25) is 4.68 Å². The Hall–Kier alpha value is -0.390. The fraction of sp³-hybridized carbons (Fsp3) is 0.786. The van der Waals surface area contributed by atoms with Crippen molar-refractivity contribution in [1.29, 1.82) is 0 Å². The minimum absolute atomic E-state index is 0.248. The Morgan fingerprint density at radius 3 is 2.95 bits per heavy atom. The quantitative estimate of drug-likeness (QED) is 0.923. The Morgan fingerprint density at radius 2 is 2.26 bits per heavy atom. The third kappa shape index (κ3) is 2.88. The summed E-state index contributed by atoms with van der Waals surface area (Å²) in [5.41, 5.74) is 0.115. The third-order valence-electron chi connectivity index (χ3n) is 4.28. The van der Waals surface area contributed by atoms with E-state index in [-0.39, 0.29) is 5.92 Å². The molecule has 0 radical (unpaired) electrons. The van der Waals surface area contributed by atoms with Crippen molar-refractivity contribution in [2.24, 2.45) is 11.8 Å². The maximum absolute atomic E-state index is 11.2. The van der Waals surface area contributed by atoms with Gasteiger partial charge in [-0.25, -0.2) is 0 Å². The SMILES string of the molecule is COCCn1ncc(Br)c1C1(O)CC(C)CCC1C. The standard InChI is InChI=1S/C14H23BrN2O2/c1-10-4-5-11(2)14(18,8-10)13-12(15)9-16-17(13)6-7-19-3/h9-11,18H,4-8H2,1-3H3. The topological polar surface area (TPSA) is 47.3 Å². The Kier molecular flexibility index (Phi) is 4.69. The summed E-state index contributed by atoms with van der Waals surface area (Å²) in [4.78, 5) is 0. The van der Waals surface area contributed by atoms with Gasteiger partial charge >= 0.3 is 0 Å². The number of ether oxygens (including phenoxy) is 1. The highest BCUT2D eigenvalue weighted by atomic mass is 79.9. The summed E-state index contributed by atoms with van der Waals surface area (Å²) >= 11 is 3.54. The second kappa shape index (κ2) is 5.94. The minimum atomic E-state index is -0.791. The van der Waals surface area contributed by atoms with Gasteiger partial charge in [0.1, 0.15) is 5.60 Å². The molecule has 0 spiro atoms. The van der Waals surface area contributed by atoms with Gasteiger partial charge in [0.05, 0.1) is 29.5 Å². The average Bonchev–Trinajstić information content (AvgIpc) is 2.73. The van der Waals surface area contributed by atoms with Crippen LogP contribution in [0.5, 0.6) is 0 Å². The lowest BCUT2D eigenvalue weighted by Gasteiger charge is -2.41. The van der Waals surface area contributed by atoms with Gasteiger partial charge in [-0.05, 0) is 40.6 Å². The van der Waals surface area contributed by atoms with E-state index < -0.39 is 5.60 Å². The Morgan fingerprint density at radius 1 is 1.53 bits per heavy atom. The maximum atomic E-state index is 11.2. The number of methoxy groups -OCH3 is 1. The van der Waals surface area contributed by atoms with Crippen LogP contribution in [0.4, 0.5) is 0 Å². The van der Waals surface area contributed by atoms with Crippen molar-refractivity contribution in [3.63, 3.8) is 0 Å². The fourth-order valence-electron chi connectivity index (χ4n) is 3.08. The monoisotopic (exact) mass is 330 g/mol. The first-order valence-electron chi connectivity index (χ1n) is 6.92. The molecule has 1 aliphatic rings. The van der Waals surface area contributed by atoms with E-state index in [4.69, 9.17) is 4.74 Å². The molecule has 0 saturated heterocycles. The molecule has 0 aliphatic heterocycles. The summed E-state index contributed by atoms with van der Waals surface area (Å²) in [6.45, 7) is 5.61. The highest BCUT2D eigenvalue weighted by Gasteiger charge is 2.43. The smallest absolute Gasteiger partial charge is 0.110 e. The van der Waals surface area contributed by atoms with Crippen molar-refractivity contribution < 1.29 is 9.84 Å². The molecule has 1 saturated carbocycles. The van der Waals surface area contributed by atoms with Crippen LogP contribution in [0.15, 0.2) is 10.7 Å². The number of hydrogen-bond acceptors (Lipinski definition) is 3. The normalized spacial score (nSPS) is 31.6. The molecule has 3 unspecified atom stereocenters. The number of rotatable bonds is 4. The molecule has 1 heterocycles. The van der Waals surface area contributed by atoms with Crippen molar-refractivity contribution in [3.8, 4) is 0 Å². The van der Waals surface area contributed by atoms with Gasteiger partial charge in [0, 0.05) is 7.11 Å². The van der Waals surface area contributed by atoms with Crippen LogP contribution in [0.1, 0.15) is 38.8 Å². The summed E-state index contributed by atoms with van der Waals surface area (Å²) < 4.78 is 7.89. The van der Waals surface area contributed by atoms with Crippen LogP contribution in [0.3, 0.4) is 0 Å². The molecule has 4 nitrogen and oxygen atoms in total. The largest absolute Gasteiger partial charge is 0.383 e. The Bertz CT molecular complexity index is 435. The zero-order valence-electron chi connectivity index (χ0n) is 11.9. The lowest BCUT2D eigenvalue weighted by molar-refractivity contribution is -0.0704. The van der Waals surface area contributed by atoms with Crippen LogP contribution in [-0.4, -0.2) is 28.6 Å². The molecule has 3 atom stereocenters. The van der Waals surface area contributed by atoms with Gasteiger partial charge in [0.25, 0.3) is 0 Å². The molecule has 0 aromatic carbocycles. The van der Waals surface area contributed by atoms with E-state index in [9.17, 15) is 5.11 Å². The van der Waals surface area contributed by atoms with Crippen LogP contribution in [0.25, 0.3) is 0 Å². The molecule has 1 N–H and O–H groups in total. The molecule has 1 aromatic heterocycles. The third-order valence-corrected chi connectivity index (χ3v) is 4.86. The van der Waals surface area contributed by atoms with Gasteiger partial charge in [-0.2, -0.15) is 5.10 Å². The number of nitrogens with zero attached hydrogens (tertiary/aromatic N) is 2. The predicted octanol–water partition coefficient (Wildman–Crippen LogP) is 2.94. The molecule has 0 bridgehead atoms. The first-order chi connectivity index (χ1) is 8.99. The molecule has 108 valence electrons. The second-order valence-corrected chi connectivity index (χ2v) is 6.62. The molecule has 2 rings (SSSR count). The van der Waals surface area contributed by atoms with Crippen molar-refractivity contribution in [2.45, 2.75) is 45.3 Å². The number of halogens is 1. The predicted molar refractivity (Wildman–Crippen MR) is 77.9 cm³/mol. The van der Waals surface area contributed by atoms with Crippen LogP contribution in [0.2, 0.25) is 0 Å². The molecule has 1 aliphatic carbocycles. The van der Waals surface area contributed by atoms with Gasteiger partial charge in [-0.1, -0.05) is 20.3 Å². The lowest BCUT2D eigenvalue weighted by Crippen LogP contribution is -2.41. The van der Waals surface area contributed by atoms with Gasteiger partial charge in [-0.15, -0.1) is 0 Å². The van der Waals surface area contributed by atoms with Crippen molar-refractivity contribution >= 4 is 15.9 Å². The fourth-order valence-corrected chi connectivity index (χ4v) is 3.72. The van der Waals surface area contributed by atoms with E-state index in [2.05, 4.69) is 34.9 Å². The van der Waals surface area contributed by atoms with Gasteiger partial charge in [0.15, 0.2) is 0 Å². The lowest BCUT2D eigenvalue weighted by atomic mass is 9.70. The van der Waals surface area contributed by atoms with E-state index >= 15 is 0 Å². The van der Waals surface area contributed by atoms with Crippen LogP contribution in [-0.2, 0) is 16.9 Å². The molecule has 1 fully saturated rings. The average molecular weight is 331 g/mol.